The highest BCUT2D eigenvalue weighted by Gasteiger charge is 2.21. The van der Waals surface area contributed by atoms with Crippen molar-refractivity contribution in [2.45, 2.75) is 31.2 Å². The Kier molecular flexibility index (Phi) is 6.51. The average molecular weight is 506 g/mol. The maximum Gasteiger partial charge on any atom is 0.323 e. The van der Waals surface area contributed by atoms with Crippen molar-refractivity contribution in [3.05, 3.63) is 67.0 Å². The number of nitrogens with zero attached hydrogens (tertiary/aromatic N) is 4. The zero-order valence-corrected chi connectivity index (χ0v) is 21.2. The number of nitrogens with two attached hydrogens (primary N) is 1. The van der Waals surface area contributed by atoms with Crippen LogP contribution >= 0.6 is 0 Å². The van der Waals surface area contributed by atoms with Gasteiger partial charge in [-0.3, -0.25) is 4.68 Å². The van der Waals surface area contributed by atoms with E-state index < -0.39 is 15.9 Å². The lowest BCUT2D eigenvalue weighted by Crippen LogP contribution is -2.22. The molecule has 0 saturated carbocycles. The third-order valence-electron chi connectivity index (χ3n) is 5.29. The molecule has 36 heavy (non-hydrogen) atoms. The zero-order chi connectivity index (χ0) is 26.1. The van der Waals surface area contributed by atoms with Crippen LogP contribution in [0.25, 0.3) is 22.5 Å². The first-order valence-electron chi connectivity index (χ1n) is 11.1. The minimum atomic E-state index is -3.31. The van der Waals surface area contributed by atoms with Crippen LogP contribution in [-0.4, -0.2) is 40.5 Å². The van der Waals surface area contributed by atoms with E-state index in [0.717, 1.165) is 17.4 Å². The second-order valence-electron chi connectivity index (χ2n) is 9.26. The predicted molar refractivity (Wildman–Crippen MR) is 140 cm³/mol. The minimum absolute atomic E-state index is 0.153. The number of carbonyl (C=O) groups is 1. The van der Waals surface area contributed by atoms with Crippen LogP contribution in [0.5, 0.6) is 0 Å². The molecule has 2 heterocycles. The standard InChI is InChI=1S/C25H27N7O3S/c1-25(2,3)32-15-20(22(31-32)21-12-13-27-23(26)30-21)16-6-5-7-18(14-16)29-24(33)28-17-8-10-19(11-9-17)36(4,34)35/h5-15H,1-4H3,(H2,26,27,30)(H2,28,29,33). The van der Waals surface area contributed by atoms with E-state index in [-0.39, 0.29) is 16.4 Å². The topological polar surface area (TPSA) is 145 Å². The molecular formula is C25H27N7O3S. The van der Waals surface area contributed by atoms with Crippen LogP contribution < -0.4 is 16.4 Å². The van der Waals surface area contributed by atoms with Gasteiger partial charge in [0.1, 0.15) is 5.69 Å². The first-order valence-corrected chi connectivity index (χ1v) is 13.0. The van der Waals surface area contributed by atoms with Crippen LogP contribution in [0.3, 0.4) is 0 Å². The predicted octanol–water partition coefficient (Wildman–Crippen LogP) is 4.39. The quantitative estimate of drug-likeness (QED) is 0.365. The van der Waals surface area contributed by atoms with Crippen molar-refractivity contribution in [2.75, 3.05) is 22.6 Å². The number of sulfone groups is 1. The SMILES string of the molecule is CC(C)(C)n1cc(-c2cccc(NC(=O)Nc3ccc(S(C)(=O)=O)cc3)c2)c(-c2ccnc(N)n2)n1. The fourth-order valence-corrected chi connectivity index (χ4v) is 4.10. The number of hydrogen-bond donors (Lipinski definition) is 3. The van der Waals surface area contributed by atoms with Crippen molar-refractivity contribution in [3.8, 4) is 22.5 Å². The summed E-state index contributed by atoms with van der Waals surface area (Å²) in [5.74, 6) is 0.153. The molecule has 0 aliphatic heterocycles. The van der Waals surface area contributed by atoms with E-state index in [4.69, 9.17) is 10.8 Å². The van der Waals surface area contributed by atoms with Crippen molar-refractivity contribution >= 4 is 33.2 Å². The van der Waals surface area contributed by atoms with Gasteiger partial charge >= 0.3 is 6.03 Å². The van der Waals surface area contributed by atoms with E-state index >= 15 is 0 Å². The zero-order valence-electron chi connectivity index (χ0n) is 20.4. The third-order valence-corrected chi connectivity index (χ3v) is 6.42. The Morgan fingerprint density at radius 3 is 2.33 bits per heavy atom. The number of amides is 2. The molecule has 0 bridgehead atoms. The van der Waals surface area contributed by atoms with Crippen LogP contribution in [0.4, 0.5) is 22.1 Å². The summed E-state index contributed by atoms with van der Waals surface area (Å²) in [6, 6.07) is 14.6. The molecule has 2 amide bonds. The summed E-state index contributed by atoms with van der Waals surface area (Å²) in [5, 5.41) is 10.3. The van der Waals surface area contributed by atoms with Gasteiger partial charge in [0, 0.05) is 35.6 Å². The molecule has 0 spiro atoms. The first kappa shape index (κ1) is 24.9. The third kappa shape index (κ3) is 5.69. The van der Waals surface area contributed by atoms with Crippen LogP contribution in [0.15, 0.2) is 71.9 Å². The van der Waals surface area contributed by atoms with Gasteiger partial charge in [0.05, 0.1) is 16.1 Å². The Morgan fingerprint density at radius 1 is 1.00 bits per heavy atom. The van der Waals surface area contributed by atoms with Gasteiger partial charge in [-0.1, -0.05) is 12.1 Å². The number of hydrogen-bond acceptors (Lipinski definition) is 7. The molecule has 0 atom stereocenters. The van der Waals surface area contributed by atoms with Crippen LogP contribution in [-0.2, 0) is 15.4 Å². The number of nitrogens with one attached hydrogen (secondary N) is 2. The minimum Gasteiger partial charge on any atom is -0.368 e. The largest absolute Gasteiger partial charge is 0.368 e. The van der Waals surface area contributed by atoms with E-state index in [0.29, 0.717) is 22.8 Å². The maximum atomic E-state index is 12.6. The number of benzene rings is 2. The highest BCUT2D eigenvalue weighted by molar-refractivity contribution is 7.90. The lowest BCUT2D eigenvalue weighted by atomic mass is 10.0. The monoisotopic (exact) mass is 505 g/mol. The van der Waals surface area contributed by atoms with Crippen molar-refractivity contribution in [2.24, 2.45) is 0 Å². The molecular weight excluding hydrogens is 478 g/mol. The Morgan fingerprint density at radius 2 is 1.69 bits per heavy atom. The molecule has 0 unspecified atom stereocenters. The molecule has 4 N–H and O–H groups in total. The summed E-state index contributed by atoms with van der Waals surface area (Å²) in [6.07, 6.45) is 4.66. The van der Waals surface area contributed by atoms with Gasteiger partial charge in [-0.25, -0.2) is 23.2 Å². The summed E-state index contributed by atoms with van der Waals surface area (Å²) in [4.78, 5) is 21.1. The Hall–Kier alpha value is -4.25. The number of urea groups is 1. The molecule has 186 valence electrons. The fourth-order valence-electron chi connectivity index (χ4n) is 3.47. The summed E-state index contributed by atoms with van der Waals surface area (Å²) in [7, 11) is -3.31. The van der Waals surface area contributed by atoms with E-state index in [1.54, 1.807) is 18.3 Å². The van der Waals surface area contributed by atoms with Gasteiger partial charge in [0.15, 0.2) is 9.84 Å². The van der Waals surface area contributed by atoms with Crippen LogP contribution in [0.1, 0.15) is 20.8 Å². The fraction of sp³-hybridized carbons (Fsp3) is 0.200. The van der Waals surface area contributed by atoms with Gasteiger partial charge in [-0.05, 0) is 68.8 Å². The van der Waals surface area contributed by atoms with Gasteiger partial charge in [0.25, 0.3) is 0 Å². The number of anilines is 3. The second-order valence-corrected chi connectivity index (χ2v) is 11.3. The summed E-state index contributed by atoms with van der Waals surface area (Å²) in [5.41, 5.74) is 9.45. The van der Waals surface area contributed by atoms with Gasteiger partial charge in [-0.2, -0.15) is 5.10 Å². The molecule has 2 aromatic heterocycles. The lowest BCUT2D eigenvalue weighted by molar-refractivity contribution is 0.262. The lowest BCUT2D eigenvalue weighted by Gasteiger charge is -2.18. The Labute approximate surface area is 209 Å². The number of rotatable bonds is 5. The summed E-state index contributed by atoms with van der Waals surface area (Å²) < 4.78 is 25.1. The van der Waals surface area contributed by atoms with Gasteiger partial charge in [0.2, 0.25) is 5.95 Å². The molecule has 4 rings (SSSR count). The molecule has 10 nitrogen and oxygen atoms in total. The van der Waals surface area contributed by atoms with Crippen molar-refractivity contribution in [3.63, 3.8) is 0 Å². The molecule has 0 aliphatic rings. The first-order chi connectivity index (χ1) is 16.9. The Balaban J connectivity index is 1.60. The van der Waals surface area contributed by atoms with Gasteiger partial charge < -0.3 is 16.4 Å². The molecule has 0 radical (unpaired) electrons. The number of nitrogen functional groups attached to an aromatic ring is 1. The molecule has 4 aromatic rings. The average Bonchev–Trinajstić information content (AvgIpc) is 3.25. The molecule has 11 heteroatoms. The maximum absolute atomic E-state index is 12.6. The molecule has 2 aromatic carbocycles. The number of carbonyl (C=O) groups excluding carboxylic acids is 1. The molecule has 0 saturated heterocycles. The van der Waals surface area contributed by atoms with Crippen molar-refractivity contribution in [1.29, 1.82) is 0 Å². The van der Waals surface area contributed by atoms with Crippen LogP contribution in [0, 0.1) is 0 Å². The number of aromatic nitrogens is 4. The molecule has 0 fully saturated rings. The normalized spacial score (nSPS) is 11.8. The summed E-state index contributed by atoms with van der Waals surface area (Å²) >= 11 is 0. The van der Waals surface area contributed by atoms with Crippen molar-refractivity contribution < 1.29 is 13.2 Å². The van der Waals surface area contributed by atoms with Crippen LogP contribution in [0.2, 0.25) is 0 Å². The second kappa shape index (κ2) is 9.42. The van der Waals surface area contributed by atoms with E-state index in [1.165, 1.54) is 24.3 Å². The highest BCUT2D eigenvalue weighted by Crippen LogP contribution is 2.33. The van der Waals surface area contributed by atoms with E-state index in [2.05, 4.69) is 20.6 Å². The van der Waals surface area contributed by atoms with Gasteiger partial charge in [-0.15, -0.1) is 0 Å². The van der Waals surface area contributed by atoms with E-state index in [1.807, 2.05) is 49.8 Å². The molecule has 0 aliphatic carbocycles. The van der Waals surface area contributed by atoms with E-state index in [9.17, 15) is 13.2 Å². The Bertz CT molecular complexity index is 1520. The highest BCUT2D eigenvalue weighted by atomic mass is 32.2. The summed E-state index contributed by atoms with van der Waals surface area (Å²) in [6.45, 7) is 6.14. The van der Waals surface area contributed by atoms with Crippen molar-refractivity contribution in [1.82, 2.24) is 19.7 Å². The smallest absolute Gasteiger partial charge is 0.323 e.